The SMILES string of the molecule is CCOc1cc(C)c(Cl)cc1S(=O)(=O)N1C[C@H](O)[C@@H](N2CCOCC2)C1. The van der Waals surface area contributed by atoms with Gasteiger partial charge in [-0.15, -0.1) is 0 Å². The fraction of sp³-hybridized carbons (Fsp3) is 0.647. The molecule has 0 radical (unpaired) electrons. The lowest BCUT2D eigenvalue weighted by molar-refractivity contribution is -0.00602. The van der Waals surface area contributed by atoms with Crippen LogP contribution in [-0.4, -0.2) is 80.9 Å². The third-order valence-corrected chi connectivity index (χ3v) is 7.14. The minimum atomic E-state index is -3.83. The summed E-state index contributed by atoms with van der Waals surface area (Å²) in [6.45, 7) is 6.82. The maximum Gasteiger partial charge on any atom is 0.246 e. The van der Waals surface area contributed by atoms with Crippen LogP contribution in [0.15, 0.2) is 17.0 Å². The van der Waals surface area contributed by atoms with Gasteiger partial charge >= 0.3 is 0 Å². The lowest BCUT2D eigenvalue weighted by atomic mass is 10.2. The van der Waals surface area contributed by atoms with Gasteiger partial charge in [0.05, 0.1) is 32.0 Å². The van der Waals surface area contributed by atoms with Gasteiger partial charge in [-0.25, -0.2) is 8.42 Å². The second-order valence-corrected chi connectivity index (χ2v) is 8.90. The summed E-state index contributed by atoms with van der Waals surface area (Å²) in [5.41, 5.74) is 0.752. The predicted molar refractivity (Wildman–Crippen MR) is 98.3 cm³/mol. The predicted octanol–water partition coefficient (Wildman–Crippen LogP) is 1.11. The Bertz CT molecular complexity index is 752. The minimum Gasteiger partial charge on any atom is -0.492 e. The molecule has 2 saturated heterocycles. The van der Waals surface area contributed by atoms with Crippen molar-refractivity contribution in [1.29, 1.82) is 0 Å². The number of halogens is 1. The van der Waals surface area contributed by atoms with Gasteiger partial charge in [-0.05, 0) is 31.5 Å². The average molecular weight is 405 g/mol. The van der Waals surface area contributed by atoms with Crippen molar-refractivity contribution in [2.75, 3.05) is 46.0 Å². The Labute approximate surface area is 159 Å². The third-order valence-electron chi connectivity index (χ3n) is 4.88. The van der Waals surface area contributed by atoms with Crippen molar-refractivity contribution in [1.82, 2.24) is 9.21 Å². The normalized spacial score (nSPS) is 25.5. The molecule has 0 saturated carbocycles. The summed E-state index contributed by atoms with van der Waals surface area (Å²) in [5, 5.41) is 10.8. The van der Waals surface area contributed by atoms with Crippen molar-refractivity contribution in [2.45, 2.75) is 30.9 Å². The number of sulfonamides is 1. The molecule has 2 heterocycles. The number of benzene rings is 1. The fourth-order valence-corrected chi connectivity index (χ4v) is 5.29. The molecule has 1 aromatic carbocycles. The molecular weight excluding hydrogens is 380 g/mol. The molecule has 2 aliphatic heterocycles. The lowest BCUT2D eigenvalue weighted by Gasteiger charge is -2.33. The zero-order chi connectivity index (χ0) is 18.9. The summed E-state index contributed by atoms with van der Waals surface area (Å²) in [6.07, 6.45) is -0.737. The maximum absolute atomic E-state index is 13.2. The van der Waals surface area contributed by atoms with Gasteiger partial charge in [-0.1, -0.05) is 11.6 Å². The van der Waals surface area contributed by atoms with Crippen molar-refractivity contribution in [2.24, 2.45) is 0 Å². The van der Waals surface area contributed by atoms with Gasteiger partial charge in [-0.2, -0.15) is 4.31 Å². The summed E-state index contributed by atoms with van der Waals surface area (Å²) < 4.78 is 38.6. The molecule has 146 valence electrons. The molecule has 2 fully saturated rings. The van der Waals surface area contributed by atoms with Gasteiger partial charge in [0.2, 0.25) is 10.0 Å². The molecule has 26 heavy (non-hydrogen) atoms. The molecule has 0 aromatic heterocycles. The molecule has 0 spiro atoms. The van der Waals surface area contributed by atoms with Crippen molar-refractivity contribution < 1.29 is 23.0 Å². The molecule has 0 unspecified atom stereocenters. The molecule has 0 aliphatic carbocycles. The minimum absolute atomic E-state index is 0.0461. The molecule has 0 bridgehead atoms. The number of ether oxygens (including phenoxy) is 2. The highest BCUT2D eigenvalue weighted by molar-refractivity contribution is 7.89. The van der Waals surface area contributed by atoms with E-state index >= 15 is 0 Å². The smallest absolute Gasteiger partial charge is 0.246 e. The second kappa shape index (κ2) is 8.00. The molecule has 2 atom stereocenters. The van der Waals surface area contributed by atoms with Crippen LogP contribution < -0.4 is 4.74 Å². The Hall–Kier alpha value is -0.900. The van der Waals surface area contributed by atoms with Crippen molar-refractivity contribution in [3.05, 3.63) is 22.7 Å². The van der Waals surface area contributed by atoms with Crippen molar-refractivity contribution in [3.8, 4) is 5.75 Å². The number of aliphatic hydroxyl groups is 1. The Balaban J connectivity index is 1.88. The monoisotopic (exact) mass is 404 g/mol. The van der Waals surface area contributed by atoms with Crippen LogP contribution in [0.4, 0.5) is 0 Å². The highest BCUT2D eigenvalue weighted by Gasteiger charge is 2.42. The topological polar surface area (TPSA) is 79.3 Å². The number of aryl methyl sites for hydroxylation is 1. The van der Waals surface area contributed by atoms with Gasteiger partial charge in [0.1, 0.15) is 10.6 Å². The standard InChI is InChI=1S/C17H25ClN2O5S/c1-3-25-16-8-12(2)13(18)9-17(16)26(22,23)20-10-14(15(21)11-20)19-4-6-24-7-5-19/h8-9,14-15,21H,3-7,10-11H2,1-2H3/t14-,15-/m0/s1. The van der Waals surface area contributed by atoms with Gasteiger partial charge in [0, 0.05) is 31.2 Å². The molecule has 7 nitrogen and oxygen atoms in total. The van der Waals surface area contributed by atoms with E-state index in [9.17, 15) is 13.5 Å². The molecule has 1 aromatic rings. The molecule has 1 N–H and O–H groups in total. The number of rotatable bonds is 5. The summed E-state index contributed by atoms with van der Waals surface area (Å²) in [4.78, 5) is 2.14. The van der Waals surface area contributed by atoms with E-state index in [1.807, 2.05) is 0 Å². The number of hydrogen-bond donors (Lipinski definition) is 1. The third kappa shape index (κ3) is 3.85. The number of aliphatic hydroxyl groups excluding tert-OH is 1. The van der Waals surface area contributed by atoms with Crippen LogP contribution in [0.1, 0.15) is 12.5 Å². The van der Waals surface area contributed by atoms with E-state index < -0.39 is 16.1 Å². The Morgan fingerprint density at radius 1 is 1.31 bits per heavy atom. The van der Waals surface area contributed by atoms with E-state index in [0.717, 1.165) is 5.56 Å². The van der Waals surface area contributed by atoms with E-state index in [2.05, 4.69) is 4.90 Å². The van der Waals surface area contributed by atoms with Gasteiger partial charge in [0.15, 0.2) is 0 Å². The zero-order valence-electron chi connectivity index (χ0n) is 15.0. The van der Waals surface area contributed by atoms with Gasteiger partial charge in [-0.3, -0.25) is 4.90 Å². The Morgan fingerprint density at radius 2 is 2.00 bits per heavy atom. The second-order valence-electron chi connectivity index (χ2n) is 6.59. The fourth-order valence-electron chi connectivity index (χ4n) is 3.45. The van der Waals surface area contributed by atoms with Crippen LogP contribution >= 0.6 is 11.6 Å². The first kappa shape index (κ1) is 19.9. The van der Waals surface area contributed by atoms with Crippen molar-refractivity contribution in [3.63, 3.8) is 0 Å². The van der Waals surface area contributed by atoms with Crippen LogP contribution in [0.5, 0.6) is 5.75 Å². The van der Waals surface area contributed by atoms with E-state index in [1.54, 1.807) is 19.9 Å². The Kier molecular flexibility index (Phi) is 6.11. The van der Waals surface area contributed by atoms with Crippen molar-refractivity contribution >= 4 is 21.6 Å². The molecule has 2 aliphatic rings. The van der Waals surface area contributed by atoms with Crippen LogP contribution in [0.3, 0.4) is 0 Å². The Morgan fingerprint density at radius 3 is 2.65 bits per heavy atom. The molecule has 9 heteroatoms. The lowest BCUT2D eigenvalue weighted by Crippen LogP contribution is -2.49. The summed E-state index contributed by atoms with van der Waals surface area (Å²) in [7, 11) is -3.83. The largest absolute Gasteiger partial charge is 0.492 e. The summed E-state index contributed by atoms with van der Waals surface area (Å²) >= 11 is 6.17. The molecule has 0 amide bonds. The summed E-state index contributed by atoms with van der Waals surface area (Å²) in [6, 6.07) is 2.85. The number of nitrogens with zero attached hydrogens (tertiary/aromatic N) is 2. The number of morpholine rings is 1. The van der Waals surface area contributed by atoms with Crippen LogP contribution in [0.2, 0.25) is 5.02 Å². The quantitative estimate of drug-likeness (QED) is 0.792. The first-order valence-corrected chi connectivity index (χ1v) is 10.6. The van der Waals surface area contributed by atoms with Crippen LogP contribution in [0, 0.1) is 6.92 Å². The van der Waals surface area contributed by atoms with Gasteiger partial charge in [0.25, 0.3) is 0 Å². The average Bonchev–Trinajstić information content (AvgIpc) is 3.01. The van der Waals surface area contributed by atoms with Crippen LogP contribution in [-0.2, 0) is 14.8 Å². The van der Waals surface area contributed by atoms with E-state index in [0.29, 0.717) is 43.7 Å². The highest BCUT2D eigenvalue weighted by Crippen LogP contribution is 2.34. The number of β-amino-alcohol motifs (C(OH)–C–C–N with tert-alkyl or cyclic N) is 1. The van der Waals surface area contributed by atoms with E-state index in [4.69, 9.17) is 21.1 Å². The van der Waals surface area contributed by atoms with Crippen LogP contribution in [0.25, 0.3) is 0 Å². The molecular formula is C17H25ClN2O5S. The first-order valence-electron chi connectivity index (χ1n) is 8.77. The maximum atomic E-state index is 13.2. The summed E-state index contributed by atoms with van der Waals surface area (Å²) in [5.74, 6) is 0.290. The first-order chi connectivity index (χ1) is 12.3. The molecule has 3 rings (SSSR count). The van der Waals surface area contributed by atoms with E-state index in [-0.39, 0.29) is 24.0 Å². The zero-order valence-corrected chi connectivity index (χ0v) is 16.6. The highest BCUT2D eigenvalue weighted by atomic mass is 35.5. The van der Waals surface area contributed by atoms with E-state index in [1.165, 1.54) is 10.4 Å². The number of hydrogen-bond acceptors (Lipinski definition) is 6. The van der Waals surface area contributed by atoms with Gasteiger partial charge < -0.3 is 14.6 Å².